The van der Waals surface area contributed by atoms with Crippen molar-refractivity contribution in [3.63, 3.8) is 0 Å². The van der Waals surface area contributed by atoms with Gasteiger partial charge in [0, 0.05) is 37.7 Å². The first-order valence-electron chi connectivity index (χ1n) is 8.94. The summed E-state index contributed by atoms with van der Waals surface area (Å²) < 4.78 is 24.6. The first-order valence-corrected chi connectivity index (χ1v) is 9.31. The topological polar surface area (TPSA) is 42.0 Å². The van der Waals surface area contributed by atoms with E-state index in [0.29, 0.717) is 36.2 Å². The second-order valence-electron chi connectivity index (χ2n) is 6.70. The molecule has 1 amide bonds. The van der Waals surface area contributed by atoms with E-state index in [2.05, 4.69) is 4.90 Å². The second-order valence-corrected chi connectivity index (χ2v) is 7.11. The van der Waals surface area contributed by atoms with E-state index in [1.165, 1.54) is 12.1 Å². The molecule has 0 bridgehead atoms. The number of benzene rings is 2. The summed E-state index contributed by atoms with van der Waals surface area (Å²) in [5, 5.41) is 0.430. The summed E-state index contributed by atoms with van der Waals surface area (Å²) in [7, 11) is 0. The number of hydrogen-bond acceptors (Lipinski definition) is 4. The summed E-state index contributed by atoms with van der Waals surface area (Å²) in [6.45, 7) is 3.53. The van der Waals surface area contributed by atoms with E-state index in [4.69, 9.17) is 21.1 Å². The fraction of sp³-hybridized carbons (Fsp3) is 0.350. The summed E-state index contributed by atoms with van der Waals surface area (Å²) in [5.41, 5.74) is 0.887. The minimum atomic E-state index is -0.613. The third-order valence-corrected chi connectivity index (χ3v) is 5.23. The Hall–Kier alpha value is -2.31. The molecule has 0 radical (unpaired) electrons. The molecule has 4 rings (SSSR count). The van der Waals surface area contributed by atoms with Crippen LogP contribution in [0.15, 0.2) is 42.5 Å². The van der Waals surface area contributed by atoms with Crippen molar-refractivity contribution in [3.8, 4) is 11.5 Å². The molecule has 0 aliphatic carbocycles. The lowest BCUT2D eigenvalue weighted by Crippen LogP contribution is -2.53. The lowest BCUT2D eigenvalue weighted by Gasteiger charge is -2.37. The van der Waals surface area contributed by atoms with Gasteiger partial charge in [0.25, 0.3) is 5.91 Å². The molecule has 5 nitrogen and oxygen atoms in total. The molecule has 1 atom stereocenters. The van der Waals surface area contributed by atoms with E-state index in [-0.39, 0.29) is 18.3 Å². The van der Waals surface area contributed by atoms with Gasteiger partial charge in [0.1, 0.15) is 12.4 Å². The van der Waals surface area contributed by atoms with Crippen LogP contribution >= 0.6 is 11.6 Å². The maximum atomic E-state index is 13.2. The number of piperazine rings is 1. The standard InChI is InChI=1S/C20H20ClFN2O3/c21-16-11-15(22)6-5-14(16)12-23-7-9-24(10-8-23)20(25)19-13-26-17-3-1-2-4-18(17)27-19/h1-6,11,19H,7-10,12-13H2. The molecule has 2 aliphatic heterocycles. The minimum Gasteiger partial charge on any atom is -0.485 e. The molecule has 0 spiro atoms. The monoisotopic (exact) mass is 390 g/mol. The van der Waals surface area contributed by atoms with Crippen molar-refractivity contribution < 1.29 is 18.7 Å². The number of nitrogens with zero attached hydrogens (tertiary/aromatic N) is 2. The number of carbonyl (C=O) groups excluding carboxylic acids is 1. The number of fused-ring (bicyclic) bond motifs is 1. The zero-order chi connectivity index (χ0) is 18.8. The maximum absolute atomic E-state index is 13.2. The summed E-state index contributed by atoms with van der Waals surface area (Å²) in [6, 6.07) is 11.8. The minimum absolute atomic E-state index is 0.0519. The highest BCUT2D eigenvalue weighted by molar-refractivity contribution is 6.31. The lowest BCUT2D eigenvalue weighted by molar-refractivity contribution is -0.143. The van der Waals surface area contributed by atoms with Crippen LogP contribution in [-0.2, 0) is 11.3 Å². The highest BCUT2D eigenvalue weighted by Crippen LogP contribution is 2.31. The summed E-state index contributed by atoms with van der Waals surface area (Å²) in [5.74, 6) is 0.883. The molecule has 1 fully saturated rings. The Bertz CT molecular complexity index is 840. The SMILES string of the molecule is O=C(C1COc2ccccc2O1)N1CCN(Cc2ccc(F)cc2Cl)CC1. The van der Waals surface area contributed by atoms with Crippen molar-refractivity contribution in [1.29, 1.82) is 0 Å². The van der Waals surface area contributed by atoms with Crippen LogP contribution in [0.4, 0.5) is 4.39 Å². The van der Waals surface area contributed by atoms with Crippen LogP contribution in [-0.4, -0.2) is 54.6 Å². The van der Waals surface area contributed by atoms with Gasteiger partial charge in [-0.25, -0.2) is 4.39 Å². The van der Waals surface area contributed by atoms with Gasteiger partial charge in [0.15, 0.2) is 11.5 Å². The van der Waals surface area contributed by atoms with Crippen LogP contribution in [0.3, 0.4) is 0 Å². The van der Waals surface area contributed by atoms with Gasteiger partial charge < -0.3 is 14.4 Å². The van der Waals surface area contributed by atoms with Gasteiger partial charge in [-0.2, -0.15) is 0 Å². The van der Waals surface area contributed by atoms with E-state index in [1.807, 2.05) is 23.1 Å². The first-order chi connectivity index (χ1) is 13.1. The van der Waals surface area contributed by atoms with Crippen LogP contribution < -0.4 is 9.47 Å². The molecule has 1 saturated heterocycles. The van der Waals surface area contributed by atoms with Crippen LogP contribution in [0.5, 0.6) is 11.5 Å². The van der Waals surface area contributed by atoms with E-state index in [9.17, 15) is 9.18 Å². The van der Waals surface area contributed by atoms with Crippen molar-refractivity contribution in [2.45, 2.75) is 12.6 Å². The first kappa shape index (κ1) is 18.1. The van der Waals surface area contributed by atoms with Gasteiger partial charge in [0.2, 0.25) is 6.10 Å². The Kier molecular flexibility index (Phi) is 5.18. The van der Waals surface area contributed by atoms with Gasteiger partial charge in [-0.05, 0) is 29.8 Å². The van der Waals surface area contributed by atoms with Crippen LogP contribution in [0, 0.1) is 5.82 Å². The molecule has 0 N–H and O–H groups in total. The van der Waals surface area contributed by atoms with Gasteiger partial charge in [-0.15, -0.1) is 0 Å². The molecule has 2 heterocycles. The van der Waals surface area contributed by atoms with Crippen LogP contribution in [0.25, 0.3) is 0 Å². The molecule has 142 valence electrons. The number of hydrogen-bond donors (Lipinski definition) is 0. The van der Waals surface area contributed by atoms with Gasteiger partial charge in [-0.1, -0.05) is 29.8 Å². The predicted molar refractivity (Wildman–Crippen MR) is 99.6 cm³/mol. The Morgan fingerprint density at radius 3 is 2.59 bits per heavy atom. The van der Waals surface area contributed by atoms with E-state index in [1.54, 1.807) is 12.1 Å². The Labute approximate surface area is 162 Å². The Morgan fingerprint density at radius 1 is 1.11 bits per heavy atom. The maximum Gasteiger partial charge on any atom is 0.267 e. The Morgan fingerprint density at radius 2 is 1.85 bits per heavy atom. The zero-order valence-electron chi connectivity index (χ0n) is 14.7. The molecule has 27 heavy (non-hydrogen) atoms. The van der Waals surface area contributed by atoms with E-state index in [0.717, 1.165) is 18.7 Å². The van der Waals surface area contributed by atoms with Crippen molar-refractivity contribution in [1.82, 2.24) is 9.80 Å². The third kappa shape index (κ3) is 4.01. The van der Waals surface area contributed by atoms with Crippen LogP contribution in [0.2, 0.25) is 5.02 Å². The fourth-order valence-corrected chi connectivity index (χ4v) is 3.59. The summed E-state index contributed by atoms with van der Waals surface area (Å²) in [4.78, 5) is 16.8. The molecule has 2 aliphatic rings. The van der Waals surface area contributed by atoms with Crippen molar-refractivity contribution in [2.24, 2.45) is 0 Å². The molecule has 1 unspecified atom stereocenters. The number of rotatable bonds is 3. The molecular formula is C20H20ClFN2O3. The molecule has 2 aromatic rings. The fourth-order valence-electron chi connectivity index (χ4n) is 3.36. The largest absolute Gasteiger partial charge is 0.485 e. The van der Waals surface area contributed by atoms with Crippen molar-refractivity contribution in [2.75, 3.05) is 32.8 Å². The quantitative estimate of drug-likeness (QED) is 0.808. The van der Waals surface area contributed by atoms with Gasteiger partial charge in [-0.3, -0.25) is 9.69 Å². The number of halogens is 2. The van der Waals surface area contributed by atoms with E-state index >= 15 is 0 Å². The van der Waals surface area contributed by atoms with Gasteiger partial charge >= 0.3 is 0 Å². The Balaban J connectivity index is 1.32. The lowest BCUT2D eigenvalue weighted by atomic mass is 10.2. The third-order valence-electron chi connectivity index (χ3n) is 4.88. The van der Waals surface area contributed by atoms with Crippen molar-refractivity contribution >= 4 is 17.5 Å². The average Bonchev–Trinajstić information content (AvgIpc) is 2.70. The average molecular weight is 391 g/mol. The van der Waals surface area contributed by atoms with E-state index < -0.39 is 6.10 Å². The highest BCUT2D eigenvalue weighted by Gasteiger charge is 2.32. The molecule has 0 saturated carbocycles. The number of ether oxygens (including phenoxy) is 2. The highest BCUT2D eigenvalue weighted by atomic mass is 35.5. The molecular weight excluding hydrogens is 371 g/mol. The second kappa shape index (κ2) is 7.74. The number of para-hydroxylation sites is 2. The molecule has 7 heteroatoms. The normalized spacial score (nSPS) is 19.8. The van der Waals surface area contributed by atoms with Gasteiger partial charge in [0.05, 0.1) is 0 Å². The number of carbonyl (C=O) groups is 1. The summed E-state index contributed by atoms with van der Waals surface area (Å²) >= 11 is 6.11. The summed E-state index contributed by atoms with van der Waals surface area (Å²) in [6.07, 6.45) is -0.613. The molecule has 2 aromatic carbocycles. The number of amides is 1. The molecule has 0 aromatic heterocycles. The smallest absolute Gasteiger partial charge is 0.267 e. The van der Waals surface area contributed by atoms with Crippen LogP contribution in [0.1, 0.15) is 5.56 Å². The predicted octanol–water partition coefficient (Wildman–Crippen LogP) is 2.96. The van der Waals surface area contributed by atoms with Crippen molar-refractivity contribution in [3.05, 3.63) is 58.9 Å². The zero-order valence-corrected chi connectivity index (χ0v) is 15.5.